The number of aryl methyl sites for hydroxylation is 1. The molecule has 2 N–H and O–H groups in total. The van der Waals surface area contributed by atoms with E-state index in [9.17, 15) is 4.79 Å². The van der Waals surface area contributed by atoms with Gasteiger partial charge in [-0.05, 0) is 31.0 Å². The predicted octanol–water partition coefficient (Wildman–Crippen LogP) is 1.43. The fourth-order valence-corrected chi connectivity index (χ4v) is 2.73. The van der Waals surface area contributed by atoms with Crippen LogP contribution in [0.1, 0.15) is 24.9 Å². The predicted molar refractivity (Wildman–Crippen MR) is 68.5 cm³/mol. The van der Waals surface area contributed by atoms with Crippen molar-refractivity contribution in [2.75, 3.05) is 13.1 Å². The molecule has 0 bridgehead atoms. The van der Waals surface area contributed by atoms with Crippen LogP contribution < -0.4 is 11.0 Å². The molecule has 0 radical (unpaired) electrons. The third kappa shape index (κ3) is 1.60. The zero-order valence-electron chi connectivity index (χ0n) is 9.99. The minimum absolute atomic E-state index is 0.0228. The van der Waals surface area contributed by atoms with Crippen molar-refractivity contribution in [2.45, 2.75) is 25.8 Å². The van der Waals surface area contributed by atoms with E-state index in [0.717, 1.165) is 37.0 Å². The molecule has 4 heteroatoms. The quantitative estimate of drug-likeness (QED) is 0.821. The lowest BCUT2D eigenvalue weighted by molar-refractivity contribution is 0.546. The van der Waals surface area contributed by atoms with Gasteiger partial charge in [0.15, 0.2) is 0 Å². The standard InChI is InChI=1S/C13H17N3O/c1-2-9-4-3-5-11-12(9)15-13(17)16(11)10-6-7-14-8-10/h3-5,10,14H,2,6-8H2,1H3,(H,15,17). The van der Waals surface area contributed by atoms with Gasteiger partial charge in [0.25, 0.3) is 0 Å². The molecule has 2 aromatic rings. The average molecular weight is 231 g/mol. The molecule has 1 aromatic heterocycles. The Morgan fingerprint density at radius 3 is 3.06 bits per heavy atom. The summed E-state index contributed by atoms with van der Waals surface area (Å²) in [7, 11) is 0. The Hall–Kier alpha value is -1.55. The van der Waals surface area contributed by atoms with Gasteiger partial charge in [0, 0.05) is 6.54 Å². The van der Waals surface area contributed by atoms with E-state index in [1.165, 1.54) is 5.56 Å². The van der Waals surface area contributed by atoms with Crippen LogP contribution in [0.2, 0.25) is 0 Å². The summed E-state index contributed by atoms with van der Waals surface area (Å²) < 4.78 is 1.91. The van der Waals surface area contributed by atoms with Gasteiger partial charge in [-0.1, -0.05) is 19.1 Å². The first kappa shape index (κ1) is 10.6. The molecule has 1 fully saturated rings. The Labute approximate surface area is 99.6 Å². The summed E-state index contributed by atoms with van der Waals surface area (Å²) in [4.78, 5) is 15.1. The van der Waals surface area contributed by atoms with Crippen molar-refractivity contribution in [3.05, 3.63) is 34.2 Å². The molecule has 90 valence electrons. The van der Waals surface area contributed by atoms with Crippen molar-refractivity contribution in [3.63, 3.8) is 0 Å². The molecular weight excluding hydrogens is 214 g/mol. The first-order chi connectivity index (χ1) is 8.31. The molecular formula is C13H17N3O. The molecule has 0 saturated carbocycles. The summed E-state index contributed by atoms with van der Waals surface area (Å²) in [6.07, 6.45) is 1.98. The first-order valence-electron chi connectivity index (χ1n) is 6.24. The summed E-state index contributed by atoms with van der Waals surface area (Å²) >= 11 is 0. The van der Waals surface area contributed by atoms with Crippen LogP contribution in [-0.4, -0.2) is 22.6 Å². The van der Waals surface area contributed by atoms with Gasteiger partial charge in [-0.2, -0.15) is 0 Å². The fourth-order valence-electron chi connectivity index (χ4n) is 2.73. The number of hydrogen-bond donors (Lipinski definition) is 2. The van der Waals surface area contributed by atoms with Gasteiger partial charge >= 0.3 is 5.69 Å². The van der Waals surface area contributed by atoms with Crippen LogP contribution in [0.15, 0.2) is 23.0 Å². The summed E-state index contributed by atoms with van der Waals surface area (Å²) in [6.45, 7) is 4.00. The van der Waals surface area contributed by atoms with Crippen LogP contribution in [0.25, 0.3) is 11.0 Å². The van der Waals surface area contributed by atoms with Crippen molar-refractivity contribution in [1.29, 1.82) is 0 Å². The van der Waals surface area contributed by atoms with E-state index in [1.54, 1.807) is 0 Å². The van der Waals surface area contributed by atoms with Crippen molar-refractivity contribution in [1.82, 2.24) is 14.9 Å². The molecule has 0 spiro atoms. The number of nitrogens with zero attached hydrogens (tertiary/aromatic N) is 1. The van der Waals surface area contributed by atoms with Crippen LogP contribution in [0.5, 0.6) is 0 Å². The summed E-state index contributed by atoms with van der Waals surface area (Å²) in [5, 5.41) is 3.31. The SMILES string of the molecule is CCc1cccc2c1[nH]c(=O)n2C1CCNC1. The fraction of sp³-hybridized carbons (Fsp3) is 0.462. The zero-order chi connectivity index (χ0) is 11.8. The highest BCUT2D eigenvalue weighted by Gasteiger charge is 2.21. The van der Waals surface area contributed by atoms with Crippen LogP contribution in [0.3, 0.4) is 0 Å². The van der Waals surface area contributed by atoms with Gasteiger partial charge in [0.1, 0.15) is 0 Å². The molecule has 1 saturated heterocycles. The summed E-state index contributed by atoms with van der Waals surface area (Å²) in [5.74, 6) is 0. The van der Waals surface area contributed by atoms with E-state index in [2.05, 4.69) is 23.3 Å². The molecule has 1 aliphatic heterocycles. The number of nitrogens with one attached hydrogen (secondary N) is 2. The summed E-state index contributed by atoms with van der Waals surface area (Å²) in [6, 6.07) is 6.44. The summed E-state index contributed by atoms with van der Waals surface area (Å²) in [5.41, 5.74) is 3.29. The zero-order valence-corrected chi connectivity index (χ0v) is 9.99. The largest absolute Gasteiger partial charge is 0.326 e. The van der Waals surface area contributed by atoms with Gasteiger partial charge in [-0.25, -0.2) is 4.79 Å². The third-order valence-electron chi connectivity index (χ3n) is 3.62. The van der Waals surface area contributed by atoms with Crippen molar-refractivity contribution < 1.29 is 0 Å². The highest BCUT2D eigenvalue weighted by atomic mass is 16.1. The minimum Gasteiger partial charge on any atom is -0.315 e. The lowest BCUT2D eigenvalue weighted by atomic mass is 10.1. The van der Waals surface area contributed by atoms with Gasteiger partial charge in [-0.15, -0.1) is 0 Å². The maximum atomic E-state index is 12.1. The molecule has 17 heavy (non-hydrogen) atoms. The average Bonchev–Trinajstić information content (AvgIpc) is 2.93. The van der Waals surface area contributed by atoms with Gasteiger partial charge in [0.2, 0.25) is 0 Å². The number of rotatable bonds is 2. The smallest absolute Gasteiger partial charge is 0.315 e. The highest BCUT2D eigenvalue weighted by molar-refractivity contribution is 5.79. The van der Waals surface area contributed by atoms with E-state index in [4.69, 9.17) is 0 Å². The van der Waals surface area contributed by atoms with E-state index in [-0.39, 0.29) is 5.69 Å². The Balaban J connectivity index is 2.24. The Morgan fingerprint density at radius 2 is 2.35 bits per heavy atom. The number of fused-ring (bicyclic) bond motifs is 1. The number of para-hydroxylation sites is 1. The molecule has 0 aliphatic carbocycles. The van der Waals surface area contributed by atoms with E-state index < -0.39 is 0 Å². The Morgan fingerprint density at radius 1 is 1.47 bits per heavy atom. The number of H-pyrrole nitrogens is 1. The first-order valence-corrected chi connectivity index (χ1v) is 6.24. The normalized spacial score (nSPS) is 20.2. The molecule has 1 aliphatic rings. The Kier molecular flexibility index (Phi) is 2.52. The molecule has 4 nitrogen and oxygen atoms in total. The van der Waals surface area contributed by atoms with Gasteiger partial charge in [0.05, 0.1) is 17.1 Å². The number of aromatic amines is 1. The van der Waals surface area contributed by atoms with Gasteiger partial charge in [-0.3, -0.25) is 4.57 Å². The Bertz CT molecular complexity index is 590. The molecule has 0 amide bonds. The third-order valence-corrected chi connectivity index (χ3v) is 3.62. The number of hydrogen-bond acceptors (Lipinski definition) is 2. The molecule has 2 heterocycles. The van der Waals surface area contributed by atoms with Crippen molar-refractivity contribution in [3.8, 4) is 0 Å². The van der Waals surface area contributed by atoms with Crippen LogP contribution in [-0.2, 0) is 6.42 Å². The van der Waals surface area contributed by atoms with Crippen molar-refractivity contribution >= 4 is 11.0 Å². The highest BCUT2D eigenvalue weighted by Crippen LogP contribution is 2.21. The minimum atomic E-state index is 0.0228. The number of imidazole rings is 1. The molecule has 1 aromatic carbocycles. The second-order valence-electron chi connectivity index (χ2n) is 4.61. The number of benzene rings is 1. The lowest BCUT2D eigenvalue weighted by Crippen LogP contribution is -2.23. The van der Waals surface area contributed by atoms with E-state index in [1.807, 2.05) is 16.7 Å². The maximum absolute atomic E-state index is 12.1. The van der Waals surface area contributed by atoms with Crippen LogP contribution in [0.4, 0.5) is 0 Å². The molecule has 3 rings (SSSR count). The van der Waals surface area contributed by atoms with Crippen molar-refractivity contribution in [2.24, 2.45) is 0 Å². The number of aromatic nitrogens is 2. The van der Waals surface area contributed by atoms with E-state index >= 15 is 0 Å². The second kappa shape index (κ2) is 4.04. The second-order valence-corrected chi connectivity index (χ2v) is 4.61. The molecule has 1 unspecified atom stereocenters. The monoisotopic (exact) mass is 231 g/mol. The van der Waals surface area contributed by atoms with Crippen LogP contribution in [0, 0.1) is 0 Å². The lowest BCUT2D eigenvalue weighted by Gasteiger charge is -2.10. The topological polar surface area (TPSA) is 49.8 Å². The van der Waals surface area contributed by atoms with Crippen LogP contribution >= 0.6 is 0 Å². The molecule has 1 atom stereocenters. The van der Waals surface area contributed by atoms with Gasteiger partial charge < -0.3 is 10.3 Å². The van der Waals surface area contributed by atoms with E-state index in [0.29, 0.717) is 6.04 Å². The maximum Gasteiger partial charge on any atom is 0.326 e.